The molecular formula is C46H51N9O6. The van der Waals surface area contributed by atoms with Crippen molar-refractivity contribution in [3.05, 3.63) is 109 Å². The van der Waals surface area contributed by atoms with Gasteiger partial charge in [0, 0.05) is 43.7 Å². The van der Waals surface area contributed by atoms with E-state index in [9.17, 15) is 24.3 Å². The maximum Gasteiger partial charge on any atom is 0.407 e. The molecule has 0 aliphatic carbocycles. The van der Waals surface area contributed by atoms with Gasteiger partial charge in [0.2, 0.25) is 11.8 Å². The third kappa shape index (κ3) is 8.32. The predicted molar refractivity (Wildman–Crippen MR) is 230 cm³/mol. The highest BCUT2D eigenvalue weighted by atomic mass is 16.5. The van der Waals surface area contributed by atoms with Crippen molar-refractivity contribution in [2.24, 2.45) is 5.92 Å². The van der Waals surface area contributed by atoms with Crippen molar-refractivity contribution in [3.8, 4) is 33.6 Å². The second-order valence-corrected chi connectivity index (χ2v) is 16.2. The maximum atomic E-state index is 14.1. The second kappa shape index (κ2) is 17.4. The van der Waals surface area contributed by atoms with Crippen molar-refractivity contribution >= 4 is 34.9 Å². The van der Waals surface area contributed by atoms with Gasteiger partial charge in [0.15, 0.2) is 0 Å². The van der Waals surface area contributed by atoms with Crippen LogP contribution in [0, 0.1) is 5.92 Å². The summed E-state index contributed by atoms with van der Waals surface area (Å²) in [6.45, 7) is 4.83. The van der Waals surface area contributed by atoms with Crippen molar-refractivity contribution in [2.45, 2.75) is 70.1 Å². The number of aromatic amines is 3. The molecule has 2 saturated heterocycles. The predicted octanol–water partition coefficient (Wildman–Crippen LogP) is 7.54. The molecule has 3 aromatic heterocycles. The number of methoxy groups -OCH3 is 1. The van der Waals surface area contributed by atoms with Crippen LogP contribution in [0.4, 0.5) is 9.59 Å². The van der Waals surface area contributed by atoms with E-state index in [1.807, 2.05) is 73.5 Å². The fourth-order valence-electron chi connectivity index (χ4n) is 8.93. The molecule has 316 valence electrons. The van der Waals surface area contributed by atoms with Gasteiger partial charge in [-0.25, -0.2) is 19.6 Å². The number of carbonyl (C=O) groups excluding carboxylic acids is 3. The first-order chi connectivity index (χ1) is 29.5. The Bertz CT molecular complexity index is 2520. The number of hydrogen-bond acceptors (Lipinski definition) is 7. The number of nitrogens with one attached hydrogen (secondary N) is 4. The van der Waals surface area contributed by atoms with Gasteiger partial charge in [0.25, 0.3) is 0 Å². The summed E-state index contributed by atoms with van der Waals surface area (Å²) in [5.74, 6) is 0.826. The molecule has 0 bridgehead atoms. The number of H-pyrrole nitrogens is 3. The van der Waals surface area contributed by atoms with Crippen LogP contribution < -0.4 is 5.32 Å². The van der Waals surface area contributed by atoms with E-state index in [0.29, 0.717) is 31.2 Å². The number of para-hydroxylation sites is 1. The van der Waals surface area contributed by atoms with Gasteiger partial charge in [-0.05, 0) is 65.5 Å². The van der Waals surface area contributed by atoms with Gasteiger partial charge in [-0.2, -0.15) is 0 Å². The summed E-state index contributed by atoms with van der Waals surface area (Å²) in [7, 11) is 2.74. The summed E-state index contributed by atoms with van der Waals surface area (Å²) >= 11 is 0. The number of alkyl carbamates (subject to hydrolysis) is 1. The van der Waals surface area contributed by atoms with Crippen LogP contribution in [-0.4, -0.2) is 108 Å². The number of hydrogen-bond donors (Lipinski definition) is 5. The Morgan fingerprint density at radius 1 is 0.803 bits per heavy atom. The molecule has 0 unspecified atom stereocenters. The van der Waals surface area contributed by atoms with Gasteiger partial charge in [-0.15, -0.1) is 0 Å². The first-order valence-corrected chi connectivity index (χ1v) is 20.8. The Morgan fingerprint density at radius 3 is 1.85 bits per heavy atom. The molecule has 15 nitrogen and oxygen atoms in total. The third-order valence-electron chi connectivity index (χ3n) is 12.1. The molecule has 6 aromatic rings. The molecule has 2 aliphatic heterocycles. The lowest BCUT2D eigenvalue weighted by Gasteiger charge is -2.33. The van der Waals surface area contributed by atoms with Crippen LogP contribution in [0.5, 0.6) is 0 Å². The smallest absolute Gasteiger partial charge is 0.407 e. The van der Waals surface area contributed by atoms with E-state index in [1.54, 1.807) is 17.3 Å². The Hall–Kier alpha value is -6.90. The fourth-order valence-corrected chi connectivity index (χ4v) is 8.93. The van der Waals surface area contributed by atoms with Crippen LogP contribution in [0.15, 0.2) is 91.4 Å². The minimum atomic E-state index is -1.13. The number of likely N-dealkylation sites (tertiary alicyclic amines) is 2. The molecule has 0 radical (unpaired) electrons. The lowest BCUT2D eigenvalue weighted by atomic mass is 10.0. The number of aromatic nitrogens is 5. The zero-order valence-corrected chi connectivity index (χ0v) is 34.7. The Morgan fingerprint density at radius 2 is 1.33 bits per heavy atom. The quantitative estimate of drug-likeness (QED) is 0.0835. The topological polar surface area (TPSA) is 193 Å². The van der Waals surface area contributed by atoms with Crippen LogP contribution in [0.25, 0.3) is 44.5 Å². The highest BCUT2D eigenvalue weighted by Gasteiger charge is 2.40. The van der Waals surface area contributed by atoms with Crippen molar-refractivity contribution < 1.29 is 29.0 Å². The van der Waals surface area contributed by atoms with E-state index >= 15 is 0 Å². The van der Waals surface area contributed by atoms with E-state index in [-0.39, 0.29) is 29.8 Å². The van der Waals surface area contributed by atoms with Gasteiger partial charge >= 0.3 is 12.2 Å². The number of carbonyl (C=O) groups is 4. The molecule has 2 aliphatic rings. The molecule has 5 N–H and O–H groups in total. The summed E-state index contributed by atoms with van der Waals surface area (Å²) in [5, 5.41) is 13.4. The molecule has 2 fully saturated rings. The zero-order chi connectivity index (χ0) is 42.8. The number of ether oxygens (including phenoxy) is 1. The standard InChI is InChI=1S/C46H51N9O6/c1-27(2)40(53(3)46(59)60)44(57)55-22-8-12-39(55)42-49-26-37(51-42)31-19-15-29(16-20-31)28-13-17-30(18-14-28)36-25-48-41(50-36)38-11-7-21-54(38)43(56)35(52-45(58)61-4)23-32-24-47-34-10-6-5-9-33(32)34/h5-6,9-10,13-20,24-27,35,38-40,47H,7-8,11-12,21-23H2,1-4H3,(H,48,50)(H,49,51)(H,52,58)(H,59,60)/t35-,38-,39-,40-/m0/s1. The van der Waals surface area contributed by atoms with E-state index in [1.165, 1.54) is 14.2 Å². The van der Waals surface area contributed by atoms with Gasteiger partial charge in [-0.3, -0.25) is 14.5 Å². The van der Waals surface area contributed by atoms with Crippen LogP contribution in [-0.2, 0) is 20.7 Å². The second-order valence-electron chi connectivity index (χ2n) is 16.2. The normalized spacial score (nSPS) is 17.5. The molecule has 8 rings (SSSR count). The lowest BCUT2D eigenvalue weighted by molar-refractivity contribution is -0.138. The van der Waals surface area contributed by atoms with Gasteiger partial charge in [0.05, 0.1) is 43.0 Å². The molecule has 4 atom stereocenters. The van der Waals surface area contributed by atoms with Crippen LogP contribution in [0.1, 0.15) is 68.8 Å². The van der Waals surface area contributed by atoms with E-state index in [0.717, 1.165) is 80.7 Å². The molecule has 5 heterocycles. The molecule has 0 spiro atoms. The van der Waals surface area contributed by atoms with Gasteiger partial charge in [-0.1, -0.05) is 80.6 Å². The summed E-state index contributed by atoms with van der Waals surface area (Å²) < 4.78 is 4.90. The highest BCUT2D eigenvalue weighted by molar-refractivity contribution is 5.89. The van der Waals surface area contributed by atoms with E-state index in [2.05, 4.69) is 49.5 Å². The molecular weight excluding hydrogens is 775 g/mol. The van der Waals surface area contributed by atoms with Gasteiger partial charge < -0.3 is 39.9 Å². The van der Waals surface area contributed by atoms with Crippen molar-refractivity contribution in [1.29, 1.82) is 0 Å². The summed E-state index contributed by atoms with van der Waals surface area (Å²) in [6.07, 6.45) is 7.11. The monoisotopic (exact) mass is 825 g/mol. The first-order valence-electron chi connectivity index (χ1n) is 20.8. The number of fused-ring (bicyclic) bond motifs is 1. The van der Waals surface area contributed by atoms with Gasteiger partial charge in [0.1, 0.15) is 23.7 Å². The number of nitrogens with zero attached hydrogens (tertiary/aromatic N) is 5. The molecule has 15 heteroatoms. The average molecular weight is 826 g/mol. The van der Waals surface area contributed by atoms with E-state index in [4.69, 9.17) is 9.72 Å². The SMILES string of the molecule is COC(=O)N[C@@H](Cc1c[nH]c2ccccc12)C(=O)N1CCC[C@H]1c1ncc(-c2ccc(-c3ccc(-c4cnc([C@@H]5CCCN5C(=O)[C@H](C(C)C)N(C)C(=O)O)[nH]4)cc3)cc2)[nH]1. The van der Waals surface area contributed by atoms with Crippen LogP contribution in [0.2, 0.25) is 0 Å². The van der Waals surface area contributed by atoms with Crippen molar-refractivity contribution in [2.75, 3.05) is 27.2 Å². The zero-order valence-electron chi connectivity index (χ0n) is 34.7. The molecule has 0 saturated carbocycles. The summed E-state index contributed by atoms with van der Waals surface area (Å²) in [4.78, 5) is 76.1. The van der Waals surface area contributed by atoms with Crippen molar-refractivity contribution in [3.63, 3.8) is 0 Å². The molecule has 3 aromatic carbocycles. The fraction of sp³-hybridized carbons (Fsp3) is 0.348. The van der Waals surface area contributed by atoms with Crippen LogP contribution >= 0.6 is 0 Å². The summed E-state index contributed by atoms with van der Waals surface area (Å²) in [5.41, 5.74) is 7.56. The Balaban J connectivity index is 0.926. The summed E-state index contributed by atoms with van der Waals surface area (Å²) in [6, 6.07) is 22.2. The maximum absolute atomic E-state index is 14.1. The van der Waals surface area contributed by atoms with Crippen molar-refractivity contribution in [1.82, 2.24) is 44.9 Å². The minimum absolute atomic E-state index is 0.177. The molecule has 4 amide bonds. The van der Waals surface area contributed by atoms with E-state index < -0.39 is 24.3 Å². The van der Waals surface area contributed by atoms with Crippen LogP contribution in [0.3, 0.4) is 0 Å². The Kier molecular flexibility index (Phi) is 11.6. The number of likely N-dealkylation sites (N-methyl/N-ethyl adjacent to an activating group) is 1. The number of carboxylic acid groups (broad SMARTS) is 1. The average Bonchev–Trinajstić information content (AvgIpc) is 4.13. The minimum Gasteiger partial charge on any atom is -0.465 e. The number of imidazole rings is 2. The largest absolute Gasteiger partial charge is 0.465 e. The molecule has 61 heavy (non-hydrogen) atoms. The number of rotatable bonds is 12. The number of benzene rings is 3. The highest BCUT2D eigenvalue weighted by Crippen LogP contribution is 2.35. The first kappa shape index (κ1) is 40.9. The Labute approximate surface area is 353 Å². The third-order valence-corrected chi connectivity index (χ3v) is 12.1. The number of amides is 4. The lowest BCUT2D eigenvalue weighted by Crippen LogP contribution is -2.51.